The Labute approximate surface area is 260 Å². The van der Waals surface area contributed by atoms with Crippen molar-refractivity contribution in [1.29, 1.82) is 5.26 Å². The number of anilines is 1. The summed E-state index contributed by atoms with van der Waals surface area (Å²) in [6.45, 7) is 2.40. The van der Waals surface area contributed by atoms with Crippen LogP contribution in [0.1, 0.15) is 40.2 Å². The average Bonchev–Trinajstić information content (AvgIpc) is 3.60. The summed E-state index contributed by atoms with van der Waals surface area (Å²) in [6, 6.07) is 12.9. The molecular weight excluding hydrogens is 603 g/mol. The van der Waals surface area contributed by atoms with Crippen molar-refractivity contribution < 1.29 is 32.3 Å². The van der Waals surface area contributed by atoms with Crippen molar-refractivity contribution in [3.8, 4) is 34.3 Å². The van der Waals surface area contributed by atoms with E-state index in [1.165, 1.54) is 39.7 Å². The van der Waals surface area contributed by atoms with Gasteiger partial charge < -0.3 is 9.59 Å². The van der Waals surface area contributed by atoms with Gasteiger partial charge >= 0.3 is 12.1 Å². The molecule has 0 saturated heterocycles. The maximum Gasteiger partial charge on any atom is 0.416 e. The third-order valence-corrected chi connectivity index (χ3v) is 7.13. The number of carbonyl (C=O) groups is 2. The Kier molecular flexibility index (Phi) is 8.33. The fourth-order valence-corrected chi connectivity index (χ4v) is 4.92. The van der Waals surface area contributed by atoms with E-state index in [-0.39, 0.29) is 46.4 Å². The molecule has 2 N–H and O–H groups in total. The van der Waals surface area contributed by atoms with Crippen LogP contribution in [0.4, 0.5) is 19.1 Å². The summed E-state index contributed by atoms with van der Waals surface area (Å²) >= 11 is 0. The van der Waals surface area contributed by atoms with Crippen molar-refractivity contribution in [2.75, 3.05) is 33.0 Å². The molecule has 46 heavy (non-hydrogen) atoms. The van der Waals surface area contributed by atoms with Crippen molar-refractivity contribution in [1.82, 2.24) is 29.4 Å². The number of nitriles is 1. The van der Waals surface area contributed by atoms with Crippen LogP contribution in [0.5, 0.6) is 0 Å². The molecule has 1 amide bonds. The van der Waals surface area contributed by atoms with E-state index in [4.69, 9.17) is 0 Å². The number of aromatic nitrogens is 6. The Morgan fingerprint density at radius 3 is 2.41 bits per heavy atom. The third kappa shape index (κ3) is 6.71. The highest BCUT2D eigenvalue weighted by Gasteiger charge is 2.31. The molecule has 0 unspecified atom stereocenters. The highest BCUT2D eigenvalue weighted by molar-refractivity contribution is 5.91. The zero-order valence-corrected chi connectivity index (χ0v) is 25.3. The molecule has 12 nitrogen and oxygen atoms in total. The molecule has 15 heteroatoms. The second kappa shape index (κ2) is 12.1. The maximum absolute atomic E-state index is 13.8. The van der Waals surface area contributed by atoms with Gasteiger partial charge in [0.1, 0.15) is 0 Å². The minimum absolute atomic E-state index is 0.0520. The lowest BCUT2D eigenvalue weighted by Crippen LogP contribution is -2.35. The monoisotopic (exact) mass is 632 g/mol. The molecule has 3 heterocycles. The predicted octanol–water partition coefficient (Wildman–Crippen LogP) is 4.97. The number of amides is 1. The number of carbonyl (C=O) groups excluding carboxylic acids is 1. The Morgan fingerprint density at radius 2 is 1.78 bits per heavy atom. The number of carboxylic acid groups (broad SMARTS) is 1. The van der Waals surface area contributed by atoms with Crippen LogP contribution in [0.15, 0.2) is 54.7 Å². The number of quaternary nitrogens is 1. The number of alkyl halides is 3. The van der Waals surface area contributed by atoms with Gasteiger partial charge in [-0.25, -0.2) is 19.0 Å². The molecule has 0 aliphatic rings. The van der Waals surface area contributed by atoms with Crippen molar-refractivity contribution in [3.63, 3.8) is 0 Å². The van der Waals surface area contributed by atoms with E-state index in [9.17, 15) is 33.1 Å². The van der Waals surface area contributed by atoms with Gasteiger partial charge in [-0.1, -0.05) is 12.1 Å². The van der Waals surface area contributed by atoms with E-state index >= 15 is 0 Å². The summed E-state index contributed by atoms with van der Waals surface area (Å²) in [4.78, 5) is 33.4. The number of pyridine rings is 1. The zero-order chi connectivity index (χ0) is 33.4. The fourth-order valence-electron chi connectivity index (χ4n) is 4.92. The topological polar surface area (TPSA) is 151 Å². The molecule has 0 radical (unpaired) electrons. The number of nitrogens with one attached hydrogen (secondary N) is 1. The summed E-state index contributed by atoms with van der Waals surface area (Å²) in [5, 5.41) is 30.1. The Balaban J connectivity index is 1.69. The van der Waals surface area contributed by atoms with Gasteiger partial charge in [-0.3, -0.25) is 10.1 Å². The lowest BCUT2D eigenvalue weighted by atomic mass is 9.96. The molecule has 3 aromatic heterocycles. The van der Waals surface area contributed by atoms with Gasteiger partial charge in [0.25, 0.3) is 5.82 Å². The molecule has 236 valence electrons. The van der Waals surface area contributed by atoms with Crippen LogP contribution in [0.2, 0.25) is 0 Å². The largest absolute Gasteiger partial charge is 0.475 e. The van der Waals surface area contributed by atoms with Gasteiger partial charge in [0.05, 0.1) is 50.6 Å². The summed E-state index contributed by atoms with van der Waals surface area (Å²) in [7, 11) is 6.04. The number of rotatable bonds is 9. The van der Waals surface area contributed by atoms with Gasteiger partial charge in [0, 0.05) is 30.2 Å². The molecule has 0 saturated carbocycles. The van der Waals surface area contributed by atoms with Crippen LogP contribution in [-0.4, -0.2) is 78.5 Å². The van der Waals surface area contributed by atoms with Gasteiger partial charge in [-0.05, 0) is 54.4 Å². The maximum atomic E-state index is 13.8. The lowest BCUT2D eigenvalue weighted by molar-refractivity contribution is -0.870. The SMILES string of the molecule is Cc1c(-c2nc(C(=O)O)nn2-c2ccc(C#N)cc2)cn2nc(NC(=O)CCC[N+](C)(C)C)nc2c1-c1cccc(C(F)(F)F)c1. The first-order valence-electron chi connectivity index (χ1n) is 14.0. The normalized spacial score (nSPS) is 11.9. The van der Waals surface area contributed by atoms with Crippen molar-refractivity contribution >= 4 is 23.5 Å². The summed E-state index contributed by atoms with van der Waals surface area (Å²) in [5.41, 5.74) is 1.13. The standard InChI is InChI=1S/C31H28F3N9O3/c1-18-23(27-37-26(29(45)46)39-42(27)22-12-10-19(16-35)11-13-22)17-41-28(25(18)20-7-5-8-21(15-20)31(32,33)34)38-30(40-41)36-24(44)9-6-14-43(2,3)4/h5,7-8,10-13,15,17H,6,9,14H2,1-4H3,(H-,36,40,44,45,46)/p+1. The molecule has 0 bridgehead atoms. The summed E-state index contributed by atoms with van der Waals surface area (Å²) in [6.07, 6.45) is -2.31. The minimum Gasteiger partial charge on any atom is -0.475 e. The molecule has 5 aromatic rings. The van der Waals surface area contributed by atoms with Crippen LogP contribution in [0.25, 0.3) is 33.8 Å². The van der Waals surface area contributed by atoms with Crippen LogP contribution in [0, 0.1) is 18.3 Å². The molecule has 0 atom stereocenters. The van der Waals surface area contributed by atoms with E-state index in [0.717, 1.165) is 18.7 Å². The van der Waals surface area contributed by atoms with Gasteiger partial charge in [-0.2, -0.15) is 23.4 Å². The van der Waals surface area contributed by atoms with Crippen LogP contribution >= 0.6 is 0 Å². The Hall–Kier alpha value is -5.62. The van der Waals surface area contributed by atoms with Crippen molar-refractivity contribution in [2.45, 2.75) is 25.9 Å². The van der Waals surface area contributed by atoms with Crippen molar-refractivity contribution in [3.05, 3.63) is 77.2 Å². The van der Waals surface area contributed by atoms with E-state index in [0.29, 0.717) is 27.7 Å². The molecule has 0 aliphatic heterocycles. The number of fused-ring (bicyclic) bond motifs is 1. The molecule has 0 fully saturated rings. The Morgan fingerprint density at radius 1 is 1.07 bits per heavy atom. The summed E-state index contributed by atoms with van der Waals surface area (Å²) in [5.74, 6) is -2.26. The average molecular weight is 633 g/mol. The smallest absolute Gasteiger partial charge is 0.416 e. The first-order chi connectivity index (χ1) is 21.6. The quantitative estimate of drug-likeness (QED) is 0.216. The van der Waals surface area contributed by atoms with Gasteiger partial charge in [-0.15, -0.1) is 10.2 Å². The number of benzene rings is 2. The van der Waals surface area contributed by atoms with Crippen molar-refractivity contribution in [2.24, 2.45) is 0 Å². The fraction of sp³-hybridized carbons (Fsp3) is 0.258. The third-order valence-electron chi connectivity index (χ3n) is 7.13. The van der Waals surface area contributed by atoms with E-state index in [1.54, 1.807) is 19.1 Å². The highest BCUT2D eigenvalue weighted by atomic mass is 19.4. The molecule has 5 rings (SSSR count). The first kappa shape index (κ1) is 31.8. The first-order valence-corrected chi connectivity index (χ1v) is 14.0. The number of aromatic carboxylic acids is 1. The number of nitrogens with zero attached hydrogens (tertiary/aromatic N) is 8. The van der Waals surface area contributed by atoms with Crippen LogP contribution in [0.3, 0.4) is 0 Å². The van der Waals surface area contributed by atoms with Crippen LogP contribution < -0.4 is 5.32 Å². The highest BCUT2D eigenvalue weighted by Crippen LogP contribution is 2.38. The Bertz CT molecular complexity index is 2000. The number of carboxylic acids is 1. The number of hydrogen-bond donors (Lipinski definition) is 2. The van der Waals surface area contributed by atoms with Gasteiger partial charge in [0.15, 0.2) is 11.5 Å². The predicted molar refractivity (Wildman–Crippen MR) is 161 cm³/mol. The molecule has 0 spiro atoms. The van der Waals surface area contributed by atoms with E-state index in [2.05, 4.69) is 25.5 Å². The van der Waals surface area contributed by atoms with E-state index < -0.39 is 23.5 Å². The van der Waals surface area contributed by atoms with Gasteiger partial charge in [0.2, 0.25) is 11.9 Å². The lowest BCUT2D eigenvalue weighted by Gasteiger charge is -2.23. The number of halogens is 3. The van der Waals surface area contributed by atoms with E-state index in [1.807, 2.05) is 27.2 Å². The minimum atomic E-state index is -4.62. The number of hydrogen-bond acceptors (Lipinski definition) is 7. The summed E-state index contributed by atoms with van der Waals surface area (Å²) < 4.78 is 44.5. The molecule has 0 aliphatic carbocycles. The zero-order valence-electron chi connectivity index (χ0n) is 25.3. The molecule has 2 aromatic carbocycles. The molecular formula is C31H29F3N9O3+. The van der Waals surface area contributed by atoms with Crippen LogP contribution in [-0.2, 0) is 11.0 Å². The second-order valence-corrected chi connectivity index (χ2v) is 11.6. The second-order valence-electron chi connectivity index (χ2n) is 11.6.